The zero-order valence-electron chi connectivity index (χ0n) is 11.3. The minimum atomic E-state index is 0.829. The van der Waals surface area contributed by atoms with Gasteiger partial charge < -0.3 is 5.32 Å². The summed E-state index contributed by atoms with van der Waals surface area (Å²) in [6.45, 7) is 3.51. The molecule has 1 aliphatic rings. The Kier molecular flexibility index (Phi) is 4.61. The van der Waals surface area contributed by atoms with Crippen molar-refractivity contribution in [3.63, 3.8) is 0 Å². The Morgan fingerprint density at radius 1 is 1.18 bits per heavy atom. The number of aryl methyl sites for hydroxylation is 3. The smallest absolute Gasteiger partial charge is 0.00494 e. The summed E-state index contributed by atoms with van der Waals surface area (Å²) < 4.78 is 0. The van der Waals surface area contributed by atoms with E-state index in [9.17, 15) is 0 Å². The Balaban J connectivity index is 1.83. The van der Waals surface area contributed by atoms with Crippen LogP contribution in [0.25, 0.3) is 0 Å². The molecule has 0 amide bonds. The normalized spacial score (nSPS) is 15.9. The topological polar surface area (TPSA) is 12.0 Å². The standard InChI is InChI=1S/C16H25N/c1-13(10-11-17-2)6-7-14-8-9-15-4-3-5-16(15)12-14/h8-9,12-13,17H,3-7,10-11H2,1-2H3. The number of fused-ring (bicyclic) bond motifs is 1. The summed E-state index contributed by atoms with van der Waals surface area (Å²) in [6.07, 6.45) is 7.82. The molecule has 1 atom stereocenters. The van der Waals surface area contributed by atoms with E-state index in [1.54, 1.807) is 16.7 Å². The highest BCUT2D eigenvalue weighted by atomic mass is 14.8. The van der Waals surface area contributed by atoms with Gasteiger partial charge in [0, 0.05) is 0 Å². The zero-order valence-corrected chi connectivity index (χ0v) is 11.3. The first-order valence-corrected chi connectivity index (χ1v) is 7.05. The monoisotopic (exact) mass is 231 g/mol. The maximum atomic E-state index is 3.23. The molecule has 1 nitrogen and oxygen atoms in total. The molecular weight excluding hydrogens is 206 g/mol. The molecule has 1 N–H and O–H groups in total. The van der Waals surface area contributed by atoms with Crippen LogP contribution in [-0.2, 0) is 19.3 Å². The minimum Gasteiger partial charge on any atom is -0.320 e. The van der Waals surface area contributed by atoms with Crippen LogP contribution in [0, 0.1) is 5.92 Å². The quantitative estimate of drug-likeness (QED) is 0.791. The molecule has 0 heterocycles. The Labute approximate surface area is 106 Å². The van der Waals surface area contributed by atoms with Crippen molar-refractivity contribution < 1.29 is 0 Å². The van der Waals surface area contributed by atoms with Gasteiger partial charge >= 0.3 is 0 Å². The van der Waals surface area contributed by atoms with Crippen LogP contribution in [0.4, 0.5) is 0 Å². The fourth-order valence-electron chi connectivity index (χ4n) is 2.73. The van der Waals surface area contributed by atoms with Gasteiger partial charge in [0.25, 0.3) is 0 Å². The van der Waals surface area contributed by atoms with Crippen molar-refractivity contribution in [1.82, 2.24) is 5.32 Å². The van der Waals surface area contributed by atoms with E-state index in [0.717, 1.165) is 12.5 Å². The van der Waals surface area contributed by atoms with E-state index in [4.69, 9.17) is 0 Å². The SMILES string of the molecule is CNCCC(C)CCc1ccc2c(c1)CCC2. The summed E-state index contributed by atoms with van der Waals surface area (Å²) >= 11 is 0. The summed E-state index contributed by atoms with van der Waals surface area (Å²) in [5.41, 5.74) is 4.75. The number of hydrogen-bond acceptors (Lipinski definition) is 1. The molecule has 1 aromatic carbocycles. The predicted molar refractivity (Wildman–Crippen MR) is 74.5 cm³/mol. The molecule has 0 saturated carbocycles. The fourth-order valence-corrected chi connectivity index (χ4v) is 2.73. The predicted octanol–water partition coefficient (Wildman–Crippen LogP) is 3.35. The highest BCUT2D eigenvalue weighted by molar-refractivity contribution is 5.35. The van der Waals surface area contributed by atoms with Gasteiger partial charge in [-0.25, -0.2) is 0 Å². The van der Waals surface area contributed by atoms with E-state index < -0.39 is 0 Å². The van der Waals surface area contributed by atoms with Crippen molar-refractivity contribution >= 4 is 0 Å². The third kappa shape index (κ3) is 3.57. The summed E-state index contributed by atoms with van der Waals surface area (Å²) in [4.78, 5) is 0. The van der Waals surface area contributed by atoms with E-state index in [1.807, 2.05) is 7.05 Å². The Morgan fingerprint density at radius 2 is 2.00 bits per heavy atom. The van der Waals surface area contributed by atoms with Crippen LogP contribution in [0.3, 0.4) is 0 Å². The van der Waals surface area contributed by atoms with Crippen LogP contribution in [0.5, 0.6) is 0 Å². The minimum absolute atomic E-state index is 0.829. The second kappa shape index (κ2) is 6.20. The van der Waals surface area contributed by atoms with Gasteiger partial charge in [-0.1, -0.05) is 25.1 Å². The molecule has 0 aromatic heterocycles. The Morgan fingerprint density at radius 3 is 2.82 bits per heavy atom. The number of hydrogen-bond donors (Lipinski definition) is 1. The molecule has 94 valence electrons. The lowest BCUT2D eigenvalue weighted by Gasteiger charge is -2.11. The van der Waals surface area contributed by atoms with Crippen LogP contribution >= 0.6 is 0 Å². The van der Waals surface area contributed by atoms with Gasteiger partial charge in [-0.05, 0) is 74.7 Å². The molecule has 1 aliphatic carbocycles. The van der Waals surface area contributed by atoms with Crippen molar-refractivity contribution in [3.05, 3.63) is 34.9 Å². The van der Waals surface area contributed by atoms with Crippen molar-refractivity contribution in [2.45, 2.75) is 45.4 Å². The van der Waals surface area contributed by atoms with Gasteiger partial charge in [-0.2, -0.15) is 0 Å². The summed E-state index contributed by atoms with van der Waals surface area (Å²) in [6, 6.07) is 7.15. The van der Waals surface area contributed by atoms with Gasteiger partial charge in [0.1, 0.15) is 0 Å². The van der Waals surface area contributed by atoms with Crippen LogP contribution in [0.1, 0.15) is 42.9 Å². The highest BCUT2D eigenvalue weighted by Crippen LogP contribution is 2.24. The van der Waals surface area contributed by atoms with Crippen LogP contribution in [-0.4, -0.2) is 13.6 Å². The molecule has 17 heavy (non-hydrogen) atoms. The second-order valence-corrected chi connectivity index (χ2v) is 5.49. The molecule has 0 saturated heterocycles. The highest BCUT2D eigenvalue weighted by Gasteiger charge is 2.11. The molecular formula is C16H25N. The fraction of sp³-hybridized carbons (Fsp3) is 0.625. The average molecular weight is 231 g/mol. The third-order valence-electron chi connectivity index (χ3n) is 3.98. The van der Waals surface area contributed by atoms with Crippen molar-refractivity contribution in [2.24, 2.45) is 5.92 Å². The maximum absolute atomic E-state index is 3.23. The first kappa shape index (κ1) is 12.6. The summed E-state index contributed by atoms with van der Waals surface area (Å²) in [5, 5.41) is 3.23. The molecule has 2 rings (SSSR count). The van der Waals surface area contributed by atoms with E-state index in [1.165, 1.54) is 38.5 Å². The second-order valence-electron chi connectivity index (χ2n) is 5.49. The van der Waals surface area contributed by atoms with E-state index in [0.29, 0.717) is 0 Å². The number of nitrogens with one attached hydrogen (secondary N) is 1. The molecule has 0 radical (unpaired) electrons. The lowest BCUT2D eigenvalue weighted by molar-refractivity contribution is 0.482. The molecule has 0 fully saturated rings. The Bertz CT molecular complexity index is 357. The van der Waals surface area contributed by atoms with E-state index in [-0.39, 0.29) is 0 Å². The van der Waals surface area contributed by atoms with Gasteiger partial charge in [-0.3, -0.25) is 0 Å². The zero-order chi connectivity index (χ0) is 12.1. The molecule has 1 aromatic rings. The van der Waals surface area contributed by atoms with Crippen molar-refractivity contribution in [1.29, 1.82) is 0 Å². The average Bonchev–Trinajstić information content (AvgIpc) is 2.81. The van der Waals surface area contributed by atoms with Crippen LogP contribution in [0.15, 0.2) is 18.2 Å². The first-order valence-electron chi connectivity index (χ1n) is 7.05. The van der Waals surface area contributed by atoms with E-state index in [2.05, 4.69) is 30.4 Å². The molecule has 1 heteroatoms. The van der Waals surface area contributed by atoms with Crippen LogP contribution < -0.4 is 5.32 Å². The molecule has 1 unspecified atom stereocenters. The van der Waals surface area contributed by atoms with Gasteiger partial charge in [-0.15, -0.1) is 0 Å². The summed E-state index contributed by atoms with van der Waals surface area (Å²) in [5.74, 6) is 0.829. The van der Waals surface area contributed by atoms with Gasteiger partial charge in [0.2, 0.25) is 0 Å². The lowest BCUT2D eigenvalue weighted by Crippen LogP contribution is -2.11. The summed E-state index contributed by atoms with van der Waals surface area (Å²) in [7, 11) is 2.03. The number of rotatable bonds is 6. The number of benzene rings is 1. The van der Waals surface area contributed by atoms with Crippen molar-refractivity contribution in [2.75, 3.05) is 13.6 Å². The third-order valence-corrected chi connectivity index (χ3v) is 3.98. The largest absolute Gasteiger partial charge is 0.320 e. The Hall–Kier alpha value is -0.820. The van der Waals surface area contributed by atoms with Gasteiger partial charge in [0.05, 0.1) is 0 Å². The molecule has 0 spiro atoms. The molecule has 0 aliphatic heterocycles. The lowest BCUT2D eigenvalue weighted by atomic mass is 9.96. The van der Waals surface area contributed by atoms with Gasteiger partial charge in [0.15, 0.2) is 0 Å². The van der Waals surface area contributed by atoms with Crippen molar-refractivity contribution in [3.8, 4) is 0 Å². The van der Waals surface area contributed by atoms with E-state index >= 15 is 0 Å². The van der Waals surface area contributed by atoms with Crippen LogP contribution in [0.2, 0.25) is 0 Å². The maximum Gasteiger partial charge on any atom is -0.00494 e. The first-order chi connectivity index (χ1) is 8.29. The molecule has 0 bridgehead atoms.